The number of allylic oxidation sites excluding steroid dienone is 1. The first kappa shape index (κ1) is 31.9. The highest BCUT2D eigenvalue weighted by Gasteiger charge is 2.59. The van der Waals surface area contributed by atoms with Gasteiger partial charge in [0, 0.05) is 0 Å². The first-order chi connectivity index (χ1) is 19.4. The molecular weight excluding hydrogens is 516 g/mol. The number of hydrogen-bond donors (Lipinski definition) is 4. The lowest BCUT2D eigenvalue weighted by Gasteiger charge is -2.58. The van der Waals surface area contributed by atoms with Crippen molar-refractivity contribution in [3.05, 3.63) is 11.6 Å². The second kappa shape index (κ2) is 12.5. The maximum atomic E-state index is 10.5. The summed E-state index contributed by atoms with van der Waals surface area (Å²) >= 11 is 0. The average Bonchev–Trinajstić information content (AvgIpc) is 3.30. The second-order valence-corrected chi connectivity index (χ2v) is 15.7. The highest BCUT2D eigenvalue weighted by atomic mass is 16.7. The summed E-state index contributed by atoms with van der Waals surface area (Å²) < 4.78 is 11.9. The lowest BCUT2D eigenvalue weighted by Crippen LogP contribution is -2.60. The Bertz CT molecular complexity index is 918. The summed E-state index contributed by atoms with van der Waals surface area (Å²) in [6.45, 7) is 14.5. The predicted molar refractivity (Wildman–Crippen MR) is 161 cm³/mol. The Kier molecular flexibility index (Phi) is 9.71. The minimum absolute atomic E-state index is 0.101. The van der Waals surface area contributed by atoms with E-state index in [0.717, 1.165) is 60.7 Å². The molecule has 5 aliphatic rings. The maximum Gasteiger partial charge on any atom is 0.186 e. The highest BCUT2D eigenvalue weighted by molar-refractivity contribution is 5.25. The number of ether oxygens (including phenoxy) is 2. The van der Waals surface area contributed by atoms with Crippen molar-refractivity contribution in [3.8, 4) is 0 Å². The maximum absolute atomic E-state index is 10.5. The van der Waals surface area contributed by atoms with Crippen LogP contribution in [0.2, 0.25) is 0 Å². The number of aliphatic hydroxyl groups is 4. The van der Waals surface area contributed by atoms with Crippen LogP contribution in [0, 0.1) is 52.3 Å². The third-order valence-electron chi connectivity index (χ3n) is 13.5. The average molecular weight is 577 g/mol. The van der Waals surface area contributed by atoms with Gasteiger partial charge < -0.3 is 29.9 Å². The summed E-state index contributed by atoms with van der Waals surface area (Å²) in [5.74, 6) is 5.66. The molecule has 4 N–H and O–H groups in total. The third-order valence-corrected chi connectivity index (χ3v) is 13.5. The van der Waals surface area contributed by atoms with E-state index in [1.165, 1.54) is 56.9 Å². The van der Waals surface area contributed by atoms with Gasteiger partial charge in [-0.1, -0.05) is 66.0 Å². The lowest BCUT2D eigenvalue weighted by atomic mass is 9.47. The molecule has 0 bridgehead atoms. The van der Waals surface area contributed by atoms with Crippen molar-refractivity contribution in [2.75, 3.05) is 6.61 Å². The Balaban J connectivity index is 1.24. The van der Waals surface area contributed by atoms with Gasteiger partial charge in [0.25, 0.3) is 0 Å². The van der Waals surface area contributed by atoms with E-state index in [9.17, 15) is 20.4 Å². The quantitative estimate of drug-likeness (QED) is 0.257. The van der Waals surface area contributed by atoms with Crippen LogP contribution in [0.15, 0.2) is 11.6 Å². The van der Waals surface area contributed by atoms with Crippen molar-refractivity contribution in [1.29, 1.82) is 0 Å². The molecule has 1 heterocycles. The molecule has 0 aromatic rings. The molecular formula is C35H60O6. The molecule has 4 fully saturated rings. The topological polar surface area (TPSA) is 99.4 Å². The monoisotopic (exact) mass is 576 g/mol. The molecule has 0 amide bonds. The van der Waals surface area contributed by atoms with Gasteiger partial charge in [-0.15, -0.1) is 0 Å². The molecule has 41 heavy (non-hydrogen) atoms. The zero-order valence-electron chi connectivity index (χ0n) is 26.7. The van der Waals surface area contributed by atoms with Crippen molar-refractivity contribution < 1.29 is 29.9 Å². The van der Waals surface area contributed by atoms with Crippen molar-refractivity contribution in [3.63, 3.8) is 0 Å². The Hall–Kier alpha value is -0.500. The summed E-state index contributed by atoms with van der Waals surface area (Å²) in [6, 6.07) is 0. The van der Waals surface area contributed by atoms with Crippen LogP contribution in [0.1, 0.15) is 112 Å². The molecule has 4 aliphatic carbocycles. The zero-order chi connectivity index (χ0) is 29.7. The van der Waals surface area contributed by atoms with Crippen molar-refractivity contribution >= 4 is 0 Å². The van der Waals surface area contributed by atoms with Crippen molar-refractivity contribution in [2.24, 2.45) is 52.3 Å². The van der Waals surface area contributed by atoms with Crippen LogP contribution in [-0.4, -0.2) is 63.8 Å². The van der Waals surface area contributed by atoms with Gasteiger partial charge in [-0.3, -0.25) is 0 Å². The molecule has 14 atom stereocenters. The van der Waals surface area contributed by atoms with Crippen LogP contribution in [-0.2, 0) is 9.47 Å². The summed E-state index contributed by atoms with van der Waals surface area (Å²) in [6.07, 6.45) is 9.92. The van der Waals surface area contributed by atoms with Crippen LogP contribution in [0.5, 0.6) is 0 Å². The first-order valence-electron chi connectivity index (χ1n) is 17.1. The molecule has 0 radical (unpaired) electrons. The number of hydrogen-bond acceptors (Lipinski definition) is 6. The van der Waals surface area contributed by atoms with E-state index in [0.29, 0.717) is 5.41 Å². The summed E-state index contributed by atoms with van der Waals surface area (Å²) in [4.78, 5) is 0. The predicted octanol–water partition coefficient (Wildman–Crippen LogP) is 5.85. The van der Waals surface area contributed by atoms with E-state index >= 15 is 0 Å². The van der Waals surface area contributed by atoms with Gasteiger partial charge in [0.05, 0.1) is 12.7 Å². The number of aliphatic hydroxyl groups excluding tert-OH is 4. The van der Waals surface area contributed by atoms with Crippen LogP contribution in [0.3, 0.4) is 0 Å². The number of fused-ring (bicyclic) bond motifs is 5. The minimum Gasteiger partial charge on any atom is -0.394 e. The van der Waals surface area contributed by atoms with Gasteiger partial charge in [-0.05, 0) is 110 Å². The lowest BCUT2D eigenvalue weighted by molar-refractivity contribution is -0.313. The minimum atomic E-state index is -1.40. The molecule has 1 aliphatic heterocycles. The zero-order valence-corrected chi connectivity index (χ0v) is 26.7. The van der Waals surface area contributed by atoms with E-state index in [2.05, 4.69) is 47.6 Å². The molecule has 5 rings (SSSR count). The summed E-state index contributed by atoms with van der Waals surface area (Å²) in [7, 11) is 0. The summed E-state index contributed by atoms with van der Waals surface area (Å²) in [5, 5.41) is 40.4. The third kappa shape index (κ3) is 5.73. The molecule has 0 aromatic heterocycles. The molecule has 1 saturated heterocycles. The van der Waals surface area contributed by atoms with E-state index in [1.807, 2.05) is 0 Å². The van der Waals surface area contributed by atoms with Gasteiger partial charge in [-0.25, -0.2) is 0 Å². The van der Waals surface area contributed by atoms with Gasteiger partial charge >= 0.3 is 0 Å². The standard InChI is InChI=1S/C35H60O6/c1-7-22(20(2)3)9-8-21(4)26-12-13-27-25-11-10-23-18-24(14-16-34(23,5)28(25)15-17-35(26,27)6)40-33-32(39)31(38)30(37)29(19-36)41-33/h10,20-22,24-33,36-39H,7-9,11-19H2,1-6H3/t21-,22?,24?,25?,26?,27?,28?,29?,30?,31?,32?,33?,34+,35-/m1/s1. The Morgan fingerprint density at radius 2 is 1.71 bits per heavy atom. The SMILES string of the molecule is CCC(CC[C@@H](C)C1CCC2C3CC=C4CC(OC5OC(CO)C(O)C(O)C5O)CC[C@]4(C)C3CC[C@@]21C)C(C)C. The van der Waals surface area contributed by atoms with Crippen LogP contribution >= 0.6 is 0 Å². The largest absolute Gasteiger partial charge is 0.394 e. The van der Waals surface area contributed by atoms with Gasteiger partial charge in [0.2, 0.25) is 0 Å². The normalized spacial score (nSPS) is 47.7. The van der Waals surface area contributed by atoms with E-state index in [1.54, 1.807) is 0 Å². The van der Waals surface area contributed by atoms with E-state index in [4.69, 9.17) is 9.47 Å². The van der Waals surface area contributed by atoms with Gasteiger partial charge in [0.1, 0.15) is 24.4 Å². The second-order valence-electron chi connectivity index (χ2n) is 15.7. The summed E-state index contributed by atoms with van der Waals surface area (Å²) in [5.41, 5.74) is 2.19. The Labute approximate surface area is 249 Å². The molecule has 0 spiro atoms. The molecule has 236 valence electrons. The van der Waals surface area contributed by atoms with Crippen LogP contribution < -0.4 is 0 Å². The van der Waals surface area contributed by atoms with E-state index < -0.39 is 37.3 Å². The molecule has 3 saturated carbocycles. The smallest absolute Gasteiger partial charge is 0.186 e. The van der Waals surface area contributed by atoms with Crippen LogP contribution in [0.4, 0.5) is 0 Å². The fourth-order valence-electron chi connectivity index (χ4n) is 10.8. The van der Waals surface area contributed by atoms with Crippen LogP contribution in [0.25, 0.3) is 0 Å². The molecule has 11 unspecified atom stereocenters. The molecule has 0 aromatic carbocycles. The fraction of sp³-hybridized carbons (Fsp3) is 0.943. The molecule has 6 heteroatoms. The first-order valence-corrected chi connectivity index (χ1v) is 17.1. The fourth-order valence-corrected chi connectivity index (χ4v) is 10.8. The Morgan fingerprint density at radius 1 is 0.951 bits per heavy atom. The van der Waals surface area contributed by atoms with Crippen molar-refractivity contribution in [2.45, 2.75) is 149 Å². The van der Waals surface area contributed by atoms with Gasteiger partial charge in [0.15, 0.2) is 6.29 Å². The number of rotatable bonds is 9. The highest BCUT2D eigenvalue weighted by Crippen LogP contribution is 2.67. The van der Waals surface area contributed by atoms with E-state index in [-0.39, 0.29) is 11.5 Å². The molecule has 6 nitrogen and oxygen atoms in total. The van der Waals surface area contributed by atoms with Gasteiger partial charge in [-0.2, -0.15) is 0 Å². The Morgan fingerprint density at radius 3 is 2.39 bits per heavy atom. The van der Waals surface area contributed by atoms with Crippen molar-refractivity contribution in [1.82, 2.24) is 0 Å².